The molecule has 17 heavy (non-hydrogen) atoms. The van der Waals surface area contributed by atoms with Gasteiger partial charge in [-0.05, 0) is 55.3 Å². The second kappa shape index (κ2) is 4.13. The Morgan fingerprint density at radius 3 is 2.88 bits per heavy atom. The number of aliphatic hydroxyl groups is 1. The van der Waals surface area contributed by atoms with Crippen molar-refractivity contribution in [2.75, 3.05) is 6.61 Å². The lowest BCUT2D eigenvalue weighted by Crippen LogP contribution is -2.33. The monoisotopic (exact) mass is 236 g/mol. The van der Waals surface area contributed by atoms with Crippen molar-refractivity contribution in [3.8, 4) is 0 Å². The Kier molecular flexibility index (Phi) is 2.74. The predicted molar refractivity (Wildman–Crippen MR) is 62.8 cm³/mol. The first-order chi connectivity index (χ1) is 8.26. The van der Waals surface area contributed by atoms with E-state index >= 15 is 0 Å². The number of aliphatic hydroxyl groups excluding tert-OH is 1. The van der Waals surface area contributed by atoms with Crippen molar-refractivity contribution in [3.05, 3.63) is 12.8 Å². The molecule has 0 saturated heterocycles. The maximum Gasteiger partial charge on any atom is 0.314 e. The van der Waals surface area contributed by atoms with Gasteiger partial charge in [0.25, 0.3) is 0 Å². The highest BCUT2D eigenvalue weighted by Crippen LogP contribution is 2.62. The van der Waals surface area contributed by atoms with Crippen molar-refractivity contribution in [2.45, 2.75) is 25.7 Å². The first-order valence-electron chi connectivity index (χ1n) is 6.68. The van der Waals surface area contributed by atoms with E-state index in [1.807, 2.05) is 0 Å². The van der Waals surface area contributed by atoms with E-state index in [4.69, 9.17) is 4.74 Å². The number of fused-ring (bicyclic) bond motifs is 5. The molecule has 0 spiro atoms. The van der Waals surface area contributed by atoms with Crippen LogP contribution in [0, 0.1) is 35.5 Å². The zero-order valence-electron chi connectivity index (χ0n) is 10.0. The number of esters is 1. The zero-order valence-corrected chi connectivity index (χ0v) is 10.0. The van der Waals surface area contributed by atoms with Crippen LogP contribution in [-0.2, 0) is 9.53 Å². The molecule has 3 rings (SSSR count). The average molecular weight is 236 g/mol. The molecule has 3 nitrogen and oxygen atoms in total. The molecule has 0 aromatic rings. The number of carbonyl (C=O) groups excluding carboxylic acids is 1. The van der Waals surface area contributed by atoms with E-state index in [-0.39, 0.29) is 18.5 Å². The van der Waals surface area contributed by atoms with Crippen LogP contribution in [0.3, 0.4) is 0 Å². The second-order valence-electron chi connectivity index (χ2n) is 5.87. The van der Waals surface area contributed by atoms with Crippen LogP contribution in [0.5, 0.6) is 0 Å². The minimum Gasteiger partial charge on any atom is -0.435 e. The van der Waals surface area contributed by atoms with Gasteiger partial charge in [-0.1, -0.05) is 6.58 Å². The summed E-state index contributed by atoms with van der Waals surface area (Å²) in [6.07, 6.45) is 5.80. The molecule has 0 radical (unpaired) electrons. The van der Waals surface area contributed by atoms with Crippen LogP contribution in [0.2, 0.25) is 0 Å². The molecule has 3 saturated carbocycles. The lowest BCUT2D eigenvalue weighted by molar-refractivity contribution is -0.146. The standard InChI is InChI=1S/C14H20O3/c1-2-17-14(16)12-6-9-5-11(12)13-8(7-15)3-4-10(9)13/h2,8-13,15H,1,3-7H2. The molecule has 0 heterocycles. The topological polar surface area (TPSA) is 46.5 Å². The van der Waals surface area contributed by atoms with Crippen molar-refractivity contribution in [3.63, 3.8) is 0 Å². The molecule has 2 bridgehead atoms. The van der Waals surface area contributed by atoms with Crippen molar-refractivity contribution in [1.82, 2.24) is 0 Å². The lowest BCUT2D eigenvalue weighted by atomic mass is 9.73. The molecule has 0 aromatic heterocycles. The van der Waals surface area contributed by atoms with Crippen LogP contribution < -0.4 is 0 Å². The van der Waals surface area contributed by atoms with Gasteiger partial charge in [0, 0.05) is 6.61 Å². The molecule has 0 aliphatic heterocycles. The molecule has 6 atom stereocenters. The van der Waals surface area contributed by atoms with Gasteiger partial charge in [0.1, 0.15) is 0 Å². The smallest absolute Gasteiger partial charge is 0.314 e. The summed E-state index contributed by atoms with van der Waals surface area (Å²) in [6.45, 7) is 3.73. The molecule has 3 aliphatic rings. The second-order valence-corrected chi connectivity index (χ2v) is 5.87. The van der Waals surface area contributed by atoms with Crippen molar-refractivity contribution in [2.24, 2.45) is 35.5 Å². The SMILES string of the molecule is C=COC(=O)C1CC2CC1C1C(CO)CCC21. The first kappa shape index (κ1) is 11.3. The highest BCUT2D eigenvalue weighted by Gasteiger charge is 2.58. The van der Waals surface area contributed by atoms with Gasteiger partial charge in [0.05, 0.1) is 12.2 Å². The largest absolute Gasteiger partial charge is 0.435 e. The Bertz CT molecular complexity index is 338. The van der Waals surface area contributed by atoms with E-state index in [0.717, 1.165) is 18.8 Å². The summed E-state index contributed by atoms with van der Waals surface area (Å²) in [6, 6.07) is 0. The minimum atomic E-state index is -0.102. The molecule has 3 aliphatic carbocycles. The van der Waals surface area contributed by atoms with Crippen molar-refractivity contribution < 1.29 is 14.6 Å². The third-order valence-electron chi connectivity index (χ3n) is 5.39. The average Bonchev–Trinajstić information content (AvgIpc) is 3.00. The Balaban J connectivity index is 1.77. The number of carbonyl (C=O) groups is 1. The van der Waals surface area contributed by atoms with Gasteiger partial charge < -0.3 is 9.84 Å². The van der Waals surface area contributed by atoms with Crippen LogP contribution in [0.4, 0.5) is 0 Å². The molecule has 6 unspecified atom stereocenters. The van der Waals surface area contributed by atoms with E-state index in [1.165, 1.54) is 19.1 Å². The van der Waals surface area contributed by atoms with Gasteiger partial charge in [0.15, 0.2) is 0 Å². The number of hydrogen-bond acceptors (Lipinski definition) is 3. The molecular formula is C14H20O3. The molecule has 3 heteroatoms. The normalized spacial score (nSPS) is 46.9. The number of ether oxygens (including phenoxy) is 1. The molecular weight excluding hydrogens is 216 g/mol. The van der Waals surface area contributed by atoms with E-state index in [2.05, 4.69) is 6.58 Å². The Labute approximate surface area is 102 Å². The fourth-order valence-electron chi connectivity index (χ4n) is 4.90. The molecule has 3 fully saturated rings. The van der Waals surface area contributed by atoms with Gasteiger partial charge in [-0.3, -0.25) is 4.79 Å². The summed E-state index contributed by atoms with van der Waals surface area (Å²) in [5, 5.41) is 9.44. The zero-order chi connectivity index (χ0) is 12.0. The van der Waals surface area contributed by atoms with Gasteiger partial charge in [-0.25, -0.2) is 0 Å². The quantitative estimate of drug-likeness (QED) is 0.602. The van der Waals surface area contributed by atoms with Gasteiger partial charge >= 0.3 is 5.97 Å². The van der Waals surface area contributed by atoms with E-state index < -0.39 is 0 Å². The van der Waals surface area contributed by atoms with Crippen LogP contribution in [0.25, 0.3) is 0 Å². The maximum atomic E-state index is 11.9. The predicted octanol–water partition coefficient (Wildman–Crippen LogP) is 1.96. The Morgan fingerprint density at radius 1 is 1.35 bits per heavy atom. The van der Waals surface area contributed by atoms with Gasteiger partial charge in [0.2, 0.25) is 0 Å². The fraction of sp³-hybridized carbons (Fsp3) is 0.786. The summed E-state index contributed by atoms with van der Waals surface area (Å²) in [5.74, 6) is 2.88. The van der Waals surface area contributed by atoms with Gasteiger partial charge in [-0.2, -0.15) is 0 Å². The minimum absolute atomic E-state index is 0.0615. The molecule has 0 amide bonds. The van der Waals surface area contributed by atoms with Crippen LogP contribution in [0.15, 0.2) is 12.8 Å². The van der Waals surface area contributed by atoms with Crippen LogP contribution >= 0.6 is 0 Å². The summed E-state index contributed by atoms with van der Waals surface area (Å²) < 4.78 is 4.96. The fourth-order valence-corrected chi connectivity index (χ4v) is 4.90. The summed E-state index contributed by atoms with van der Waals surface area (Å²) in [4.78, 5) is 11.9. The Hall–Kier alpha value is -0.830. The molecule has 0 aromatic carbocycles. The summed E-state index contributed by atoms with van der Waals surface area (Å²) >= 11 is 0. The lowest BCUT2D eigenvalue weighted by Gasteiger charge is -2.32. The molecule has 94 valence electrons. The van der Waals surface area contributed by atoms with Crippen LogP contribution in [-0.4, -0.2) is 17.7 Å². The Morgan fingerprint density at radius 2 is 2.18 bits per heavy atom. The first-order valence-corrected chi connectivity index (χ1v) is 6.68. The third kappa shape index (κ3) is 1.55. The number of hydrogen-bond donors (Lipinski definition) is 1. The number of rotatable bonds is 3. The van der Waals surface area contributed by atoms with E-state index in [9.17, 15) is 9.90 Å². The maximum absolute atomic E-state index is 11.9. The van der Waals surface area contributed by atoms with Crippen molar-refractivity contribution in [1.29, 1.82) is 0 Å². The van der Waals surface area contributed by atoms with Gasteiger partial charge in [-0.15, -0.1) is 0 Å². The molecule has 1 N–H and O–H groups in total. The highest BCUT2D eigenvalue weighted by molar-refractivity contribution is 5.74. The van der Waals surface area contributed by atoms with Crippen LogP contribution in [0.1, 0.15) is 25.7 Å². The summed E-state index contributed by atoms with van der Waals surface area (Å²) in [7, 11) is 0. The van der Waals surface area contributed by atoms with E-state index in [0.29, 0.717) is 23.7 Å². The summed E-state index contributed by atoms with van der Waals surface area (Å²) in [5.41, 5.74) is 0. The highest BCUT2D eigenvalue weighted by atomic mass is 16.5. The van der Waals surface area contributed by atoms with Crippen molar-refractivity contribution >= 4 is 5.97 Å². The third-order valence-corrected chi connectivity index (χ3v) is 5.39. The van der Waals surface area contributed by atoms with E-state index in [1.54, 1.807) is 0 Å².